The Hall–Kier alpha value is -11.0. The van der Waals surface area contributed by atoms with Crippen LogP contribution in [-0.2, 0) is 56.7 Å². The number of rotatable bonds is 29. The summed E-state index contributed by atoms with van der Waals surface area (Å²) in [5.74, 6) is -4.46. The first-order valence-electron chi connectivity index (χ1n) is 31.1. The number of primary amides is 1. The predicted octanol–water partition coefficient (Wildman–Crippen LogP) is 3.48. The topological polar surface area (TPSA) is 424 Å². The van der Waals surface area contributed by atoms with Gasteiger partial charge in [0.2, 0.25) is 41.4 Å². The number of hydrogen-bond acceptors (Lipinski definition) is 17. The molecule has 9 rings (SSSR count). The van der Waals surface area contributed by atoms with Crippen LogP contribution in [0.25, 0.3) is 11.0 Å². The van der Waals surface area contributed by atoms with Gasteiger partial charge in [-0.05, 0) is 118 Å². The highest BCUT2D eigenvalue weighted by atomic mass is 16.6. The molecule has 1 saturated heterocycles. The van der Waals surface area contributed by atoms with Crippen LogP contribution in [-0.4, -0.2) is 126 Å². The number of amides is 8. The van der Waals surface area contributed by atoms with Crippen molar-refractivity contribution < 1.29 is 66.9 Å². The van der Waals surface area contributed by atoms with Crippen molar-refractivity contribution in [3.05, 3.63) is 159 Å². The number of nitrogen functional groups attached to an aromatic ring is 1. The Morgan fingerprint density at radius 1 is 0.723 bits per heavy atom. The Balaban J connectivity index is 0.688. The number of phenols is 1. The quantitative estimate of drug-likeness (QED) is 0.00799. The van der Waals surface area contributed by atoms with Gasteiger partial charge in [0.1, 0.15) is 52.7 Å². The zero-order chi connectivity index (χ0) is 67.1. The van der Waals surface area contributed by atoms with E-state index in [1.807, 2.05) is 0 Å². The molecule has 15 N–H and O–H groups in total. The maximum Gasteiger partial charge on any atom is 0.412 e. The second-order valence-electron chi connectivity index (χ2n) is 23.2. The number of ether oxygens (including phenoxy) is 3. The Morgan fingerprint density at radius 2 is 1.44 bits per heavy atom. The molecule has 0 radical (unpaired) electrons. The van der Waals surface area contributed by atoms with Gasteiger partial charge in [0.25, 0.3) is 0 Å². The van der Waals surface area contributed by atoms with Crippen molar-refractivity contribution in [3.8, 4) is 23.0 Å². The highest BCUT2D eigenvalue weighted by Gasteiger charge is 2.53. The van der Waals surface area contributed by atoms with Crippen molar-refractivity contribution in [2.45, 2.75) is 120 Å². The number of anilines is 1. The van der Waals surface area contributed by atoms with E-state index in [1.54, 1.807) is 91.9 Å². The Bertz CT molecular complexity index is 3950. The number of carbonyl (C=O) groups excluding carboxylic acids is 9. The van der Waals surface area contributed by atoms with Crippen LogP contribution in [0.3, 0.4) is 0 Å². The first-order chi connectivity index (χ1) is 45.2. The van der Waals surface area contributed by atoms with Gasteiger partial charge < -0.3 is 83.5 Å². The Labute approximate surface area is 540 Å². The van der Waals surface area contributed by atoms with Crippen LogP contribution in [0.4, 0.5) is 10.5 Å². The number of nitrogens with zero attached hydrogens (tertiary/aromatic N) is 2. The number of unbranched alkanes of at least 4 members (excludes halogenated alkanes) is 3. The Morgan fingerprint density at radius 3 is 2.21 bits per heavy atom. The number of guanidine groups is 1. The third-order valence-electron chi connectivity index (χ3n) is 16.6. The molecule has 94 heavy (non-hydrogen) atoms. The SMILES string of the molecule is Cc1c(CC(=O)N[C@H](Cc2ccccc2)C(=O)N2CCC[C@H]2C(=O)N[C@@H](CCCN=C(N)N)C(=O)NCC(=O)N[C@@H](CCCCNC(=O)CCCCCNC(=O)Oc2ccc3c(c2)Oc2cc(O)ccc2C32OC(=O)c3ccccc32)C(N)=O)c(=O)oc2cc(N)ccc12. The summed E-state index contributed by atoms with van der Waals surface area (Å²) < 4.78 is 23.3. The number of likely N-dealkylation sites (tertiary alicyclic amines) is 1. The predicted molar refractivity (Wildman–Crippen MR) is 344 cm³/mol. The van der Waals surface area contributed by atoms with Crippen LogP contribution in [0.1, 0.15) is 114 Å². The number of aliphatic imine (C=N–C) groups is 1. The summed E-state index contributed by atoms with van der Waals surface area (Å²) in [5, 5.41) is 27.0. The molecule has 1 fully saturated rings. The largest absolute Gasteiger partial charge is 0.508 e. The highest BCUT2D eigenvalue weighted by molar-refractivity contribution is 5.98. The molecular weight excluding hydrogens is 1210 g/mol. The van der Waals surface area contributed by atoms with Gasteiger partial charge in [0.05, 0.1) is 24.1 Å². The van der Waals surface area contributed by atoms with Gasteiger partial charge in [0, 0.05) is 85.0 Å². The summed E-state index contributed by atoms with van der Waals surface area (Å²) in [6.45, 7) is 1.89. The average molecular weight is 1290 g/mol. The normalized spacial score (nSPS) is 15.9. The van der Waals surface area contributed by atoms with Crippen molar-refractivity contribution in [1.29, 1.82) is 0 Å². The molecule has 1 spiro atoms. The van der Waals surface area contributed by atoms with Crippen molar-refractivity contribution in [2.75, 3.05) is 38.5 Å². The molecule has 5 atom stereocenters. The molecule has 5 aromatic carbocycles. The van der Waals surface area contributed by atoms with Crippen molar-refractivity contribution in [2.24, 2.45) is 22.2 Å². The van der Waals surface area contributed by atoms with E-state index >= 15 is 0 Å². The lowest BCUT2D eigenvalue weighted by atomic mass is 9.77. The number of aromatic hydroxyl groups is 1. The van der Waals surface area contributed by atoms with Gasteiger partial charge in [-0.2, -0.15) is 0 Å². The number of fused-ring (bicyclic) bond motifs is 7. The molecule has 6 aromatic rings. The van der Waals surface area contributed by atoms with Gasteiger partial charge in [-0.1, -0.05) is 55.0 Å². The number of nitrogens with one attached hydrogen (secondary N) is 6. The number of phenolic OH excluding ortho intramolecular Hbond substituents is 1. The fourth-order valence-electron chi connectivity index (χ4n) is 11.9. The van der Waals surface area contributed by atoms with E-state index in [0.717, 1.165) is 0 Å². The van der Waals surface area contributed by atoms with Crippen molar-refractivity contribution in [3.63, 3.8) is 0 Å². The van der Waals surface area contributed by atoms with E-state index < -0.39 is 95.9 Å². The first-order valence-corrected chi connectivity index (χ1v) is 31.1. The molecule has 0 bridgehead atoms. The van der Waals surface area contributed by atoms with Crippen molar-refractivity contribution >= 4 is 76.0 Å². The van der Waals surface area contributed by atoms with Gasteiger partial charge in [-0.3, -0.25) is 38.6 Å². The van der Waals surface area contributed by atoms with E-state index in [9.17, 15) is 53.1 Å². The highest BCUT2D eigenvalue weighted by Crippen LogP contribution is 2.57. The molecule has 27 nitrogen and oxygen atoms in total. The third-order valence-corrected chi connectivity index (χ3v) is 16.6. The molecular formula is C67H76N12O15. The number of aryl methyl sites for hydroxylation is 1. The average Bonchev–Trinajstić information content (AvgIpc) is 1.47. The van der Waals surface area contributed by atoms with E-state index in [0.29, 0.717) is 83.0 Å². The van der Waals surface area contributed by atoms with E-state index in [4.69, 9.17) is 41.6 Å². The third kappa shape index (κ3) is 16.6. The summed E-state index contributed by atoms with van der Waals surface area (Å²) in [6.07, 6.45) is 2.67. The zero-order valence-corrected chi connectivity index (χ0v) is 51.8. The fourth-order valence-corrected chi connectivity index (χ4v) is 11.9. The van der Waals surface area contributed by atoms with Gasteiger partial charge in [0.15, 0.2) is 11.6 Å². The zero-order valence-electron chi connectivity index (χ0n) is 51.8. The van der Waals surface area contributed by atoms with Crippen LogP contribution >= 0.6 is 0 Å². The molecule has 27 heteroatoms. The molecule has 1 unspecified atom stereocenters. The minimum Gasteiger partial charge on any atom is -0.508 e. The number of esters is 1. The fraction of sp³-hybridized carbons (Fsp3) is 0.358. The van der Waals surface area contributed by atoms with Crippen LogP contribution in [0.5, 0.6) is 23.0 Å². The van der Waals surface area contributed by atoms with E-state index in [2.05, 4.69) is 36.9 Å². The smallest absolute Gasteiger partial charge is 0.412 e. The molecule has 0 saturated carbocycles. The molecule has 494 valence electrons. The second kappa shape index (κ2) is 30.9. The minimum atomic E-state index is -1.36. The molecule has 1 aromatic heterocycles. The van der Waals surface area contributed by atoms with Gasteiger partial charge >= 0.3 is 17.7 Å². The summed E-state index contributed by atoms with van der Waals surface area (Å²) in [7, 11) is 0. The molecule has 3 aliphatic rings. The van der Waals surface area contributed by atoms with Crippen LogP contribution in [0.15, 0.2) is 123 Å². The summed E-state index contributed by atoms with van der Waals surface area (Å²) in [5.41, 5.74) is 24.5. The maximum atomic E-state index is 14.5. The lowest BCUT2D eigenvalue weighted by molar-refractivity contribution is -0.142. The lowest BCUT2D eigenvalue weighted by Gasteiger charge is -2.36. The van der Waals surface area contributed by atoms with Crippen LogP contribution in [0, 0.1) is 6.92 Å². The van der Waals surface area contributed by atoms with E-state index in [-0.39, 0.29) is 111 Å². The molecule has 8 amide bonds. The van der Waals surface area contributed by atoms with Gasteiger partial charge in [-0.25, -0.2) is 14.4 Å². The van der Waals surface area contributed by atoms with E-state index in [1.165, 1.54) is 29.2 Å². The number of benzene rings is 5. The maximum absolute atomic E-state index is 14.5. The molecule has 4 heterocycles. The molecule has 0 aliphatic carbocycles. The summed E-state index contributed by atoms with van der Waals surface area (Å²) >= 11 is 0. The second-order valence-corrected chi connectivity index (χ2v) is 23.2. The van der Waals surface area contributed by atoms with Crippen molar-refractivity contribution in [1.82, 2.24) is 36.8 Å². The van der Waals surface area contributed by atoms with Crippen LogP contribution < -0.4 is 69.9 Å². The summed E-state index contributed by atoms with van der Waals surface area (Å²) in [4.78, 5) is 139. The monoisotopic (exact) mass is 1290 g/mol. The minimum absolute atomic E-state index is 0.0116. The van der Waals surface area contributed by atoms with Crippen LogP contribution in [0.2, 0.25) is 0 Å². The van der Waals surface area contributed by atoms with Gasteiger partial charge in [-0.15, -0.1) is 0 Å². The standard InChI is InChI=1S/C67H76N12O15/c1-38-43-25-22-40(68)33-53(43)93-63(88)45(38)36-57(82)77-51(32-39-14-4-2-5-15-39)62(87)79-31-13-20-52(79)61(86)78-50(19-12-30-73-65(70)71)60(85)75-37-58(83)76-49(59(69)84)18-9-11-28-72-56(81)21-6-3-10-29-74-66(90)91-42-24-27-48-55(35-42)92-54-34-41(80)23-26-47(54)67(48)46-17-8-7-16-44(46)64(89)94-67/h2,4-5,7-8,14-17,22-27,33-35,49-52,80H,3,6,9-13,18-21,28-32,36-37,68H2,1H3,(H2,69,84)(H,72,81)(H,74,90)(H,75,85)(H,76,83)(H,77,82)(H,78,86)(H4,70,71,73)/t49-,50-,51+,52-,67?/m0/s1. The number of nitrogens with two attached hydrogens (primary N) is 4. The first kappa shape index (κ1) is 67.4. The molecule has 3 aliphatic heterocycles. The summed E-state index contributed by atoms with van der Waals surface area (Å²) in [6, 6.07) is 25.5. The Kier molecular flexibility index (Phi) is 22.1. The lowest BCUT2D eigenvalue weighted by Crippen LogP contribution is -2.57. The number of carbonyl (C=O) groups is 9. The number of hydrogen-bond donors (Lipinski definition) is 11.